The third-order valence-corrected chi connectivity index (χ3v) is 7.33. The van der Waals surface area contributed by atoms with Crippen molar-refractivity contribution in [2.45, 2.75) is 45.1 Å². The van der Waals surface area contributed by atoms with Crippen molar-refractivity contribution in [3.8, 4) is 5.75 Å². The molecule has 180 valence electrons. The SMILES string of the molecule is CC(C)c1ccc(OCCCn2c(C3CC(=O)N(c4ccccc4Br)C3)nc3ccccc32)cc1. The number of benzene rings is 3. The van der Waals surface area contributed by atoms with Gasteiger partial charge in [0.25, 0.3) is 0 Å². The van der Waals surface area contributed by atoms with Gasteiger partial charge in [-0.2, -0.15) is 0 Å². The first-order valence-electron chi connectivity index (χ1n) is 12.2. The van der Waals surface area contributed by atoms with E-state index in [2.05, 4.69) is 52.5 Å². The molecule has 35 heavy (non-hydrogen) atoms. The molecule has 1 fully saturated rings. The fourth-order valence-electron chi connectivity index (χ4n) is 4.79. The van der Waals surface area contributed by atoms with E-state index in [0.717, 1.165) is 45.7 Å². The molecular formula is C29H30BrN3O2. The molecule has 0 radical (unpaired) electrons. The molecule has 0 saturated carbocycles. The molecule has 1 aliphatic rings. The highest BCUT2D eigenvalue weighted by atomic mass is 79.9. The van der Waals surface area contributed by atoms with Crippen LogP contribution in [0.15, 0.2) is 77.3 Å². The van der Waals surface area contributed by atoms with Crippen molar-refractivity contribution in [3.05, 3.63) is 88.7 Å². The molecule has 4 aromatic rings. The van der Waals surface area contributed by atoms with Gasteiger partial charge < -0.3 is 14.2 Å². The first-order valence-corrected chi connectivity index (χ1v) is 13.0. The fourth-order valence-corrected chi connectivity index (χ4v) is 5.29. The smallest absolute Gasteiger partial charge is 0.227 e. The Balaban J connectivity index is 1.31. The van der Waals surface area contributed by atoms with Crippen LogP contribution in [-0.4, -0.2) is 28.6 Å². The summed E-state index contributed by atoms with van der Waals surface area (Å²) < 4.78 is 9.23. The van der Waals surface area contributed by atoms with Gasteiger partial charge in [0.1, 0.15) is 11.6 Å². The van der Waals surface area contributed by atoms with E-state index in [-0.39, 0.29) is 11.8 Å². The van der Waals surface area contributed by atoms with E-state index < -0.39 is 0 Å². The fraction of sp³-hybridized carbons (Fsp3) is 0.310. The maximum Gasteiger partial charge on any atom is 0.227 e. The van der Waals surface area contributed by atoms with Gasteiger partial charge in [-0.3, -0.25) is 4.79 Å². The zero-order valence-corrected chi connectivity index (χ0v) is 21.7. The Morgan fingerprint density at radius 1 is 1.03 bits per heavy atom. The van der Waals surface area contributed by atoms with Gasteiger partial charge in [0.2, 0.25) is 5.91 Å². The van der Waals surface area contributed by atoms with Crippen LogP contribution >= 0.6 is 15.9 Å². The van der Waals surface area contributed by atoms with Crippen molar-refractivity contribution in [2.24, 2.45) is 0 Å². The summed E-state index contributed by atoms with van der Waals surface area (Å²) in [5.41, 5.74) is 4.31. The van der Waals surface area contributed by atoms with Gasteiger partial charge >= 0.3 is 0 Å². The summed E-state index contributed by atoms with van der Waals surface area (Å²) in [6, 6.07) is 24.5. The third-order valence-electron chi connectivity index (χ3n) is 6.66. The summed E-state index contributed by atoms with van der Waals surface area (Å²) in [7, 11) is 0. The molecule has 0 N–H and O–H groups in total. The Morgan fingerprint density at radius 2 is 1.77 bits per heavy atom. The van der Waals surface area contributed by atoms with Crippen LogP contribution in [-0.2, 0) is 11.3 Å². The maximum absolute atomic E-state index is 13.0. The summed E-state index contributed by atoms with van der Waals surface area (Å²) in [5, 5.41) is 0. The van der Waals surface area contributed by atoms with Crippen LogP contribution in [0.1, 0.15) is 49.9 Å². The normalized spacial score (nSPS) is 15.9. The molecule has 2 heterocycles. The van der Waals surface area contributed by atoms with E-state index in [4.69, 9.17) is 9.72 Å². The first kappa shape index (κ1) is 23.6. The lowest BCUT2D eigenvalue weighted by Crippen LogP contribution is -2.25. The van der Waals surface area contributed by atoms with E-state index in [1.165, 1.54) is 5.56 Å². The monoisotopic (exact) mass is 531 g/mol. The van der Waals surface area contributed by atoms with E-state index in [9.17, 15) is 4.79 Å². The van der Waals surface area contributed by atoms with Gasteiger partial charge in [0.15, 0.2) is 0 Å². The number of halogens is 1. The van der Waals surface area contributed by atoms with Crippen LogP contribution in [0.2, 0.25) is 0 Å². The lowest BCUT2D eigenvalue weighted by molar-refractivity contribution is -0.117. The molecule has 1 unspecified atom stereocenters. The predicted octanol–water partition coefficient (Wildman–Crippen LogP) is 6.91. The number of fused-ring (bicyclic) bond motifs is 1. The topological polar surface area (TPSA) is 47.4 Å². The van der Waals surface area contributed by atoms with Gasteiger partial charge in [-0.1, -0.05) is 50.2 Å². The summed E-state index contributed by atoms with van der Waals surface area (Å²) in [5.74, 6) is 2.57. The molecule has 3 aromatic carbocycles. The van der Waals surface area contributed by atoms with Crippen LogP contribution < -0.4 is 9.64 Å². The lowest BCUT2D eigenvalue weighted by Gasteiger charge is -2.19. The maximum atomic E-state index is 13.0. The molecule has 1 atom stereocenters. The number of carbonyl (C=O) groups excluding carboxylic acids is 1. The number of aryl methyl sites for hydroxylation is 1. The molecule has 5 rings (SSSR count). The molecule has 0 aliphatic carbocycles. The summed E-state index contributed by atoms with van der Waals surface area (Å²) in [6.07, 6.45) is 1.32. The van der Waals surface area contributed by atoms with Crippen LogP contribution in [0.5, 0.6) is 5.75 Å². The Bertz CT molecular complexity index is 1330. The van der Waals surface area contributed by atoms with Crippen LogP contribution in [0, 0.1) is 0 Å². The summed E-state index contributed by atoms with van der Waals surface area (Å²) >= 11 is 3.60. The number of rotatable bonds is 8. The van der Waals surface area contributed by atoms with E-state index >= 15 is 0 Å². The number of para-hydroxylation sites is 3. The van der Waals surface area contributed by atoms with E-state index in [0.29, 0.717) is 25.5 Å². The largest absolute Gasteiger partial charge is 0.494 e. The minimum absolute atomic E-state index is 0.0477. The number of anilines is 1. The summed E-state index contributed by atoms with van der Waals surface area (Å²) in [4.78, 5) is 19.8. The van der Waals surface area contributed by atoms with Crippen LogP contribution in [0.25, 0.3) is 11.0 Å². The zero-order valence-electron chi connectivity index (χ0n) is 20.2. The molecule has 1 amide bonds. The minimum atomic E-state index is 0.0477. The van der Waals surface area contributed by atoms with E-state index in [1.54, 1.807) is 0 Å². The van der Waals surface area contributed by atoms with Crippen LogP contribution in [0.4, 0.5) is 5.69 Å². The Hall–Kier alpha value is -3.12. The lowest BCUT2D eigenvalue weighted by atomic mass is 10.0. The van der Waals surface area contributed by atoms with Gasteiger partial charge in [0.05, 0.1) is 23.3 Å². The Labute approximate surface area is 214 Å². The number of hydrogen-bond donors (Lipinski definition) is 0. The van der Waals surface area contributed by atoms with Gasteiger partial charge in [0, 0.05) is 29.9 Å². The Morgan fingerprint density at radius 3 is 2.54 bits per heavy atom. The van der Waals surface area contributed by atoms with Crippen molar-refractivity contribution in [1.29, 1.82) is 0 Å². The number of nitrogens with zero attached hydrogens (tertiary/aromatic N) is 3. The van der Waals surface area contributed by atoms with Crippen molar-refractivity contribution in [3.63, 3.8) is 0 Å². The molecule has 0 spiro atoms. The third kappa shape index (κ3) is 4.98. The number of aromatic nitrogens is 2. The van der Waals surface area contributed by atoms with Gasteiger partial charge in [-0.25, -0.2) is 4.98 Å². The van der Waals surface area contributed by atoms with Gasteiger partial charge in [-0.05, 0) is 70.2 Å². The molecule has 1 aliphatic heterocycles. The molecule has 1 saturated heterocycles. The van der Waals surface area contributed by atoms with Crippen LogP contribution in [0.3, 0.4) is 0 Å². The first-order chi connectivity index (χ1) is 17.0. The minimum Gasteiger partial charge on any atom is -0.494 e. The van der Waals surface area contributed by atoms with Crippen molar-refractivity contribution >= 4 is 38.6 Å². The second-order valence-corrected chi connectivity index (χ2v) is 10.2. The second kappa shape index (κ2) is 10.2. The number of imidazole rings is 1. The number of amides is 1. The summed E-state index contributed by atoms with van der Waals surface area (Å²) in [6.45, 7) is 6.43. The molecule has 6 heteroatoms. The Kier molecular flexibility index (Phi) is 6.91. The number of ether oxygens (including phenoxy) is 1. The van der Waals surface area contributed by atoms with Crippen molar-refractivity contribution < 1.29 is 9.53 Å². The quantitative estimate of drug-likeness (QED) is 0.232. The molecule has 5 nitrogen and oxygen atoms in total. The highest BCUT2D eigenvalue weighted by Crippen LogP contribution is 2.36. The van der Waals surface area contributed by atoms with E-state index in [1.807, 2.05) is 59.5 Å². The molecular weight excluding hydrogens is 502 g/mol. The van der Waals surface area contributed by atoms with Crippen molar-refractivity contribution in [2.75, 3.05) is 18.1 Å². The predicted molar refractivity (Wildman–Crippen MR) is 144 cm³/mol. The molecule has 1 aromatic heterocycles. The highest BCUT2D eigenvalue weighted by Gasteiger charge is 2.35. The molecule has 0 bridgehead atoms. The average Bonchev–Trinajstić information content (AvgIpc) is 3.43. The highest BCUT2D eigenvalue weighted by molar-refractivity contribution is 9.10. The second-order valence-electron chi connectivity index (χ2n) is 9.39. The van der Waals surface area contributed by atoms with Gasteiger partial charge in [-0.15, -0.1) is 0 Å². The average molecular weight is 532 g/mol. The van der Waals surface area contributed by atoms with Crippen molar-refractivity contribution in [1.82, 2.24) is 9.55 Å². The number of hydrogen-bond acceptors (Lipinski definition) is 3. The zero-order chi connectivity index (χ0) is 24.4. The number of carbonyl (C=O) groups is 1. The standard InChI is InChI=1S/C29H30BrN3O2/c1-20(2)21-12-14-23(15-13-21)35-17-7-16-32-27-11-6-4-9-25(27)31-29(32)22-18-28(34)33(19-22)26-10-5-3-8-24(26)30/h3-6,8-15,20,22H,7,16-19H2,1-2H3.